The third-order valence-corrected chi connectivity index (χ3v) is 3.93. The zero-order valence-corrected chi connectivity index (χ0v) is 12.8. The molecule has 0 aliphatic heterocycles. The number of H-pyrrole nitrogens is 1. The van der Waals surface area contributed by atoms with Gasteiger partial charge in [0.1, 0.15) is 5.82 Å². The standard InChI is InChI=1S/C15H19N3OS/c1-4-11-7-13(18(2)3)17-15(8-11)20-10-12-5-6-14(19)16-9-12/h5-9H,4,10H2,1-3H3,(H,16,19). The SMILES string of the molecule is CCc1cc(SCc2ccc(=O)[nH]c2)nc(N(C)C)c1. The van der Waals surface area contributed by atoms with Crippen LogP contribution in [0.2, 0.25) is 0 Å². The molecular formula is C15H19N3OS. The normalized spacial score (nSPS) is 10.6. The van der Waals surface area contributed by atoms with Crippen LogP contribution in [-0.2, 0) is 12.2 Å². The summed E-state index contributed by atoms with van der Waals surface area (Å²) in [6.45, 7) is 2.14. The maximum Gasteiger partial charge on any atom is 0.247 e. The summed E-state index contributed by atoms with van der Waals surface area (Å²) in [5.74, 6) is 1.78. The van der Waals surface area contributed by atoms with Crippen LogP contribution in [0.5, 0.6) is 0 Å². The van der Waals surface area contributed by atoms with E-state index in [1.807, 2.05) is 25.1 Å². The minimum absolute atomic E-state index is 0.0697. The van der Waals surface area contributed by atoms with Crippen molar-refractivity contribution in [2.24, 2.45) is 0 Å². The minimum atomic E-state index is -0.0697. The second-order valence-corrected chi connectivity index (χ2v) is 5.77. The average Bonchev–Trinajstić information content (AvgIpc) is 2.46. The molecule has 0 saturated carbocycles. The van der Waals surface area contributed by atoms with E-state index in [1.165, 1.54) is 5.56 Å². The molecule has 4 nitrogen and oxygen atoms in total. The summed E-state index contributed by atoms with van der Waals surface area (Å²) in [7, 11) is 4.00. The fourth-order valence-corrected chi connectivity index (χ4v) is 2.63. The summed E-state index contributed by atoms with van der Waals surface area (Å²) in [4.78, 5) is 20.4. The molecule has 5 heteroatoms. The van der Waals surface area contributed by atoms with E-state index in [2.05, 4.69) is 29.0 Å². The minimum Gasteiger partial charge on any atom is -0.363 e. The van der Waals surface area contributed by atoms with Crippen LogP contribution < -0.4 is 10.5 Å². The van der Waals surface area contributed by atoms with Crippen LogP contribution in [0.4, 0.5) is 5.82 Å². The van der Waals surface area contributed by atoms with Crippen molar-refractivity contribution in [2.45, 2.75) is 24.1 Å². The van der Waals surface area contributed by atoms with Gasteiger partial charge in [0.25, 0.3) is 0 Å². The van der Waals surface area contributed by atoms with Crippen LogP contribution >= 0.6 is 11.8 Å². The number of rotatable bonds is 5. The van der Waals surface area contributed by atoms with E-state index in [4.69, 9.17) is 0 Å². The van der Waals surface area contributed by atoms with Crippen LogP contribution in [0, 0.1) is 0 Å². The number of aromatic nitrogens is 2. The highest BCUT2D eigenvalue weighted by Gasteiger charge is 2.05. The highest BCUT2D eigenvalue weighted by molar-refractivity contribution is 7.98. The molecule has 0 amide bonds. The zero-order chi connectivity index (χ0) is 14.5. The molecule has 20 heavy (non-hydrogen) atoms. The first kappa shape index (κ1) is 14.7. The van der Waals surface area contributed by atoms with Crippen LogP contribution in [0.15, 0.2) is 40.3 Å². The fourth-order valence-electron chi connectivity index (χ4n) is 1.74. The molecule has 0 aromatic carbocycles. The van der Waals surface area contributed by atoms with E-state index < -0.39 is 0 Å². The zero-order valence-electron chi connectivity index (χ0n) is 12.0. The number of aryl methyl sites for hydroxylation is 1. The van der Waals surface area contributed by atoms with Crippen molar-refractivity contribution in [2.75, 3.05) is 19.0 Å². The predicted octanol–water partition coefficient (Wildman–Crippen LogP) is 2.69. The molecule has 2 rings (SSSR count). The summed E-state index contributed by atoms with van der Waals surface area (Å²) in [6, 6.07) is 7.65. The van der Waals surface area contributed by atoms with Gasteiger partial charge in [0.2, 0.25) is 5.56 Å². The first-order chi connectivity index (χ1) is 9.58. The summed E-state index contributed by atoms with van der Waals surface area (Å²) in [5.41, 5.74) is 2.30. The van der Waals surface area contributed by atoms with Gasteiger partial charge in [-0.15, -0.1) is 11.8 Å². The first-order valence-electron chi connectivity index (χ1n) is 6.57. The second kappa shape index (κ2) is 6.61. The van der Waals surface area contributed by atoms with Gasteiger partial charge >= 0.3 is 0 Å². The van der Waals surface area contributed by atoms with Gasteiger partial charge in [0.15, 0.2) is 0 Å². The molecule has 0 saturated heterocycles. The topological polar surface area (TPSA) is 49.0 Å². The number of aromatic amines is 1. The highest BCUT2D eigenvalue weighted by Crippen LogP contribution is 2.24. The number of nitrogens with zero attached hydrogens (tertiary/aromatic N) is 2. The molecule has 0 aliphatic rings. The largest absolute Gasteiger partial charge is 0.363 e. The van der Waals surface area contributed by atoms with Crippen molar-refractivity contribution in [1.82, 2.24) is 9.97 Å². The Morgan fingerprint density at radius 2 is 2.05 bits per heavy atom. The monoisotopic (exact) mass is 289 g/mol. The van der Waals surface area contributed by atoms with E-state index in [0.29, 0.717) is 0 Å². The van der Waals surface area contributed by atoms with Crippen LogP contribution in [-0.4, -0.2) is 24.1 Å². The Hall–Kier alpha value is -1.75. The van der Waals surface area contributed by atoms with E-state index >= 15 is 0 Å². The lowest BCUT2D eigenvalue weighted by atomic mass is 10.2. The Balaban J connectivity index is 2.14. The average molecular weight is 289 g/mol. The Kier molecular flexibility index (Phi) is 4.84. The molecule has 0 radical (unpaired) electrons. The van der Waals surface area contributed by atoms with Crippen LogP contribution in [0.1, 0.15) is 18.1 Å². The first-order valence-corrected chi connectivity index (χ1v) is 7.55. The Bertz CT molecular complexity index is 617. The molecular weight excluding hydrogens is 270 g/mol. The Morgan fingerprint density at radius 1 is 1.25 bits per heavy atom. The van der Waals surface area contributed by atoms with Crippen molar-refractivity contribution in [3.63, 3.8) is 0 Å². The number of pyridine rings is 2. The van der Waals surface area contributed by atoms with Crippen molar-refractivity contribution in [1.29, 1.82) is 0 Å². The van der Waals surface area contributed by atoms with Crippen LogP contribution in [0.25, 0.3) is 0 Å². The van der Waals surface area contributed by atoms with E-state index in [-0.39, 0.29) is 5.56 Å². The van der Waals surface area contributed by atoms with Gasteiger partial charge in [-0.2, -0.15) is 0 Å². The van der Waals surface area contributed by atoms with Crippen molar-refractivity contribution >= 4 is 17.6 Å². The van der Waals surface area contributed by atoms with Gasteiger partial charge in [-0.3, -0.25) is 4.79 Å². The molecule has 2 aromatic rings. The molecule has 1 N–H and O–H groups in total. The lowest BCUT2D eigenvalue weighted by Gasteiger charge is -2.14. The maximum atomic E-state index is 11.0. The molecule has 2 heterocycles. The van der Waals surface area contributed by atoms with Gasteiger partial charge in [0, 0.05) is 32.1 Å². The highest BCUT2D eigenvalue weighted by atomic mass is 32.2. The molecule has 0 fully saturated rings. The maximum absolute atomic E-state index is 11.0. The second-order valence-electron chi connectivity index (χ2n) is 4.77. The molecule has 0 bridgehead atoms. The van der Waals surface area contributed by atoms with Crippen molar-refractivity contribution in [3.05, 3.63) is 51.9 Å². The number of hydrogen-bond donors (Lipinski definition) is 1. The van der Waals surface area contributed by atoms with Gasteiger partial charge < -0.3 is 9.88 Å². The quantitative estimate of drug-likeness (QED) is 0.860. The van der Waals surface area contributed by atoms with E-state index in [0.717, 1.165) is 28.6 Å². The van der Waals surface area contributed by atoms with Gasteiger partial charge in [-0.25, -0.2) is 4.98 Å². The summed E-state index contributed by atoms with van der Waals surface area (Å²) in [5, 5.41) is 1.01. The van der Waals surface area contributed by atoms with Gasteiger partial charge in [-0.05, 0) is 29.7 Å². The third kappa shape index (κ3) is 3.87. The van der Waals surface area contributed by atoms with Crippen molar-refractivity contribution in [3.8, 4) is 0 Å². The number of anilines is 1. The molecule has 0 atom stereocenters. The molecule has 0 spiro atoms. The van der Waals surface area contributed by atoms with Gasteiger partial charge in [-0.1, -0.05) is 13.0 Å². The smallest absolute Gasteiger partial charge is 0.247 e. The summed E-state index contributed by atoms with van der Waals surface area (Å²) >= 11 is 1.68. The molecule has 0 unspecified atom stereocenters. The third-order valence-electron chi connectivity index (χ3n) is 2.95. The fraction of sp³-hybridized carbons (Fsp3) is 0.333. The van der Waals surface area contributed by atoms with Gasteiger partial charge in [0.05, 0.1) is 5.03 Å². The lowest BCUT2D eigenvalue weighted by molar-refractivity contribution is 0.985. The number of nitrogens with one attached hydrogen (secondary N) is 1. The molecule has 106 valence electrons. The Labute approximate surface area is 123 Å². The molecule has 0 aliphatic carbocycles. The predicted molar refractivity (Wildman–Crippen MR) is 84.6 cm³/mol. The van der Waals surface area contributed by atoms with E-state index in [1.54, 1.807) is 24.0 Å². The molecule has 2 aromatic heterocycles. The number of hydrogen-bond acceptors (Lipinski definition) is 4. The van der Waals surface area contributed by atoms with Crippen molar-refractivity contribution < 1.29 is 0 Å². The Morgan fingerprint density at radius 3 is 2.65 bits per heavy atom. The summed E-state index contributed by atoms with van der Waals surface area (Å²) in [6.07, 6.45) is 2.75. The van der Waals surface area contributed by atoms with Crippen LogP contribution in [0.3, 0.4) is 0 Å². The lowest BCUT2D eigenvalue weighted by Crippen LogP contribution is -2.11. The van der Waals surface area contributed by atoms with E-state index in [9.17, 15) is 4.79 Å². The number of thioether (sulfide) groups is 1. The summed E-state index contributed by atoms with van der Waals surface area (Å²) < 4.78 is 0.